The normalized spacial score (nSPS) is 20.3. The Morgan fingerprint density at radius 3 is 2.29 bits per heavy atom. The lowest BCUT2D eigenvalue weighted by atomic mass is 10.2. The van der Waals surface area contributed by atoms with Crippen LogP contribution in [-0.2, 0) is 28.5 Å². The van der Waals surface area contributed by atoms with Gasteiger partial charge in [0.2, 0.25) is 0 Å². The van der Waals surface area contributed by atoms with E-state index >= 15 is 0 Å². The number of aliphatic hydroxyl groups excluding tert-OH is 2. The number of hydrogen-bond donors (Lipinski definition) is 4. The molecule has 0 bridgehead atoms. The maximum Gasteiger partial charge on any atom is 0.407 e. The van der Waals surface area contributed by atoms with Gasteiger partial charge in [0.05, 0.1) is 33.0 Å². The third kappa shape index (κ3) is 13.5. The summed E-state index contributed by atoms with van der Waals surface area (Å²) in [5.74, 6) is -0.505. The Morgan fingerprint density at radius 1 is 1.03 bits per heavy atom. The van der Waals surface area contributed by atoms with Gasteiger partial charge in [0.1, 0.15) is 31.0 Å². The molecule has 1 amide bonds. The van der Waals surface area contributed by atoms with Crippen molar-refractivity contribution in [1.29, 1.82) is 0 Å². The van der Waals surface area contributed by atoms with E-state index in [0.717, 1.165) is 32.2 Å². The maximum atomic E-state index is 11.7. The zero-order chi connectivity index (χ0) is 22.9. The van der Waals surface area contributed by atoms with Crippen LogP contribution in [0.3, 0.4) is 0 Å². The van der Waals surface area contributed by atoms with Crippen molar-refractivity contribution in [3.63, 3.8) is 0 Å². The van der Waals surface area contributed by atoms with E-state index in [1.807, 2.05) is 7.05 Å². The number of alkyl carbamates (subject to hydrolysis) is 1. The number of aliphatic hydroxyl groups is 2. The van der Waals surface area contributed by atoms with Gasteiger partial charge in [0.15, 0.2) is 0 Å². The number of esters is 1. The summed E-state index contributed by atoms with van der Waals surface area (Å²) >= 11 is 0. The average molecular weight is 451 g/mol. The van der Waals surface area contributed by atoms with Crippen LogP contribution in [0.15, 0.2) is 0 Å². The van der Waals surface area contributed by atoms with E-state index in [2.05, 4.69) is 10.6 Å². The van der Waals surface area contributed by atoms with Gasteiger partial charge >= 0.3 is 12.1 Å². The summed E-state index contributed by atoms with van der Waals surface area (Å²) in [7, 11) is 1.92. The van der Waals surface area contributed by atoms with Crippen LogP contribution < -0.4 is 10.6 Å². The summed E-state index contributed by atoms with van der Waals surface area (Å²) in [5.41, 5.74) is 0. The van der Waals surface area contributed by atoms with Gasteiger partial charge in [-0.05, 0) is 26.4 Å². The van der Waals surface area contributed by atoms with Crippen LogP contribution in [0.25, 0.3) is 0 Å². The van der Waals surface area contributed by atoms with E-state index in [9.17, 15) is 19.8 Å². The van der Waals surface area contributed by atoms with Crippen LogP contribution in [0.1, 0.15) is 32.6 Å². The Balaban J connectivity index is 2.13. The number of ether oxygens (including phenoxy) is 5. The van der Waals surface area contributed by atoms with Gasteiger partial charge in [-0.1, -0.05) is 12.8 Å². The van der Waals surface area contributed by atoms with Crippen LogP contribution in [0.5, 0.6) is 0 Å². The van der Waals surface area contributed by atoms with Crippen molar-refractivity contribution in [1.82, 2.24) is 10.6 Å². The van der Waals surface area contributed by atoms with Gasteiger partial charge in [-0.25, -0.2) is 4.79 Å². The van der Waals surface area contributed by atoms with Gasteiger partial charge < -0.3 is 44.5 Å². The molecule has 0 radical (unpaired) electrons. The van der Waals surface area contributed by atoms with E-state index < -0.39 is 36.5 Å². The molecule has 11 nitrogen and oxygen atoms in total. The van der Waals surface area contributed by atoms with E-state index in [0.29, 0.717) is 6.54 Å². The summed E-state index contributed by atoms with van der Waals surface area (Å²) in [6.45, 7) is 2.75. The van der Waals surface area contributed by atoms with Crippen LogP contribution in [-0.4, -0.2) is 106 Å². The first kappa shape index (κ1) is 27.5. The first-order valence-electron chi connectivity index (χ1n) is 10.8. The van der Waals surface area contributed by atoms with E-state index in [4.69, 9.17) is 23.7 Å². The molecule has 0 aliphatic carbocycles. The fourth-order valence-electron chi connectivity index (χ4n) is 2.89. The number of amides is 1. The summed E-state index contributed by atoms with van der Waals surface area (Å²) < 4.78 is 26.5. The maximum absolute atomic E-state index is 11.7. The predicted molar refractivity (Wildman–Crippen MR) is 111 cm³/mol. The molecule has 0 aromatic rings. The molecule has 4 N–H and O–H groups in total. The topological polar surface area (TPSA) is 145 Å². The van der Waals surface area contributed by atoms with Crippen LogP contribution >= 0.6 is 0 Å². The number of hydrogen-bond acceptors (Lipinski definition) is 10. The second-order valence-corrected chi connectivity index (χ2v) is 7.39. The fourth-order valence-corrected chi connectivity index (χ4v) is 2.89. The molecule has 0 aromatic carbocycles. The summed E-state index contributed by atoms with van der Waals surface area (Å²) in [5, 5.41) is 24.9. The first-order chi connectivity index (χ1) is 15.0. The highest BCUT2D eigenvalue weighted by Gasteiger charge is 2.31. The summed E-state index contributed by atoms with van der Waals surface area (Å²) in [4.78, 5) is 22.6. The molecular weight excluding hydrogens is 412 g/mol. The Hall–Kier alpha value is -1.50. The lowest BCUT2D eigenvalue weighted by Crippen LogP contribution is -2.37. The lowest BCUT2D eigenvalue weighted by molar-refractivity contribution is -0.155. The van der Waals surface area contributed by atoms with Crippen LogP contribution in [0.4, 0.5) is 4.79 Å². The second kappa shape index (κ2) is 17.1. The Labute approximate surface area is 183 Å². The van der Waals surface area contributed by atoms with E-state index in [-0.39, 0.29) is 39.6 Å². The molecule has 1 saturated heterocycles. The minimum Gasteiger partial charge on any atom is -0.458 e. The molecule has 11 heteroatoms. The van der Waals surface area contributed by atoms with Crippen molar-refractivity contribution in [2.24, 2.45) is 0 Å². The Kier molecular flexibility index (Phi) is 15.2. The molecular formula is C20H38N2O9. The molecule has 1 rings (SSSR count). The number of carbonyl (C=O) groups excluding carboxylic acids is 2. The highest BCUT2D eigenvalue weighted by atomic mass is 16.6. The van der Waals surface area contributed by atoms with Crippen molar-refractivity contribution < 1.29 is 43.5 Å². The van der Waals surface area contributed by atoms with E-state index in [1.54, 1.807) is 0 Å². The molecule has 0 spiro atoms. The monoisotopic (exact) mass is 450 g/mol. The SMILES string of the molecule is CNCCCCCCNC(=O)OCC(O)COC1COCC1OCC(CO)OC(C)=O. The predicted octanol–water partition coefficient (Wildman–Crippen LogP) is -0.422. The van der Waals surface area contributed by atoms with Crippen molar-refractivity contribution in [2.75, 3.05) is 59.8 Å². The number of nitrogens with one attached hydrogen (secondary N) is 2. The van der Waals surface area contributed by atoms with Crippen molar-refractivity contribution >= 4 is 12.1 Å². The zero-order valence-electron chi connectivity index (χ0n) is 18.5. The second-order valence-electron chi connectivity index (χ2n) is 7.39. The molecule has 0 saturated carbocycles. The lowest BCUT2D eigenvalue weighted by Gasteiger charge is -2.22. The highest BCUT2D eigenvalue weighted by molar-refractivity contribution is 5.67. The Morgan fingerprint density at radius 2 is 1.68 bits per heavy atom. The quantitative estimate of drug-likeness (QED) is 0.170. The number of unbranched alkanes of at least 4 members (excludes halogenated alkanes) is 3. The molecule has 1 aliphatic rings. The molecule has 1 heterocycles. The molecule has 4 atom stereocenters. The van der Waals surface area contributed by atoms with Crippen molar-refractivity contribution in [3.8, 4) is 0 Å². The largest absolute Gasteiger partial charge is 0.458 e. The highest BCUT2D eigenvalue weighted by Crippen LogP contribution is 2.15. The standard InChI is InChI=1S/C20H38N2O9/c1-15(24)31-17(9-23)12-29-19-14-27-13-18(19)28-10-16(25)11-30-20(26)22-8-6-4-3-5-7-21-2/h16-19,21,23,25H,3-14H2,1-2H3,(H,22,26). The summed E-state index contributed by atoms with van der Waals surface area (Å²) in [6.07, 6.45) is 0.960. The van der Waals surface area contributed by atoms with Crippen molar-refractivity contribution in [2.45, 2.75) is 57.0 Å². The van der Waals surface area contributed by atoms with Gasteiger partial charge in [0, 0.05) is 13.5 Å². The first-order valence-corrected chi connectivity index (χ1v) is 10.8. The molecule has 4 unspecified atom stereocenters. The van der Waals surface area contributed by atoms with Gasteiger partial charge in [-0.3, -0.25) is 4.79 Å². The minimum atomic E-state index is -0.986. The smallest absolute Gasteiger partial charge is 0.407 e. The zero-order valence-corrected chi connectivity index (χ0v) is 18.5. The van der Waals surface area contributed by atoms with Crippen molar-refractivity contribution in [3.05, 3.63) is 0 Å². The fraction of sp³-hybridized carbons (Fsp3) is 0.900. The number of carbonyl (C=O) groups is 2. The van der Waals surface area contributed by atoms with Gasteiger partial charge in [-0.15, -0.1) is 0 Å². The minimum absolute atomic E-state index is 0.00525. The molecule has 182 valence electrons. The Bertz CT molecular complexity index is 495. The van der Waals surface area contributed by atoms with Crippen LogP contribution in [0, 0.1) is 0 Å². The molecule has 31 heavy (non-hydrogen) atoms. The third-order valence-corrected chi connectivity index (χ3v) is 4.54. The third-order valence-electron chi connectivity index (χ3n) is 4.54. The van der Waals surface area contributed by atoms with Crippen LogP contribution in [0.2, 0.25) is 0 Å². The average Bonchev–Trinajstić information content (AvgIpc) is 3.20. The molecule has 1 fully saturated rings. The van der Waals surface area contributed by atoms with Gasteiger partial charge in [-0.2, -0.15) is 0 Å². The summed E-state index contributed by atoms with van der Waals surface area (Å²) in [6, 6.07) is 0. The molecule has 0 aromatic heterocycles. The molecule has 1 aliphatic heterocycles. The van der Waals surface area contributed by atoms with Gasteiger partial charge in [0.25, 0.3) is 0 Å². The number of rotatable bonds is 17. The van der Waals surface area contributed by atoms with E-state index in [1.165, 1.54) is 6.92 Å².